The number of nitrogens with one attached hydrogen (secondary N) is 1. The Morgan fingerprint density at radius 2 is 1.27 bits per heavy atom. The largest absolute Gasteiger partial charge is 0.397 e. The van der Waals surface area contributed by atoms with Gasteiger partial charge in [-0.1, -0.05) is 60.2 Å². The van der Waals surface area contributed by atoms with Crippen LogP contribution in [0.4, 0.5) is 22.7 Å². The van der Waals surface area contributed by atoms with Crippen molar-refractivity contribution in [1.29, 1.82) is 0 Å². The average Bonchev–Trinajstić information content (AvgIpc) is 2.54. The molecule has 0 aliphatic heterocycles. The molecule has 0 saturated heterocycles. The van der Waals surface area contributed by atoms with Crippen molar-refractivity contribution in [2.24, 2.45) is 0 Å². The molecule has 0 aliphatic carbocycles. The van der Waals surface area contributed by atoms with Crippen LogP contribution in [0.15, 0.2) is 78.9 Å². The van der Waals surface area contributed by atoms with Gasteiger partial charge in [0, 0.05) is 5.69 Å². The summed E-state index contributed by atoms with van der Waals surface area (Å²) in [6, 6.07) is 25.7. The van der Waals surface area contributed by atoms with E-state index in [-0.39, 0.29) is 0 Å². The first kappa shape index (κ1) is 15.4. The Kier molecular flexibility index (Phi) is 5.44. The molecule has 0 saturated carbocycles. The van der Waals surface area contributed by atoms with Crippen molar-refractivity contribution in [2.75, 3.05) is 16.8 Å². The van der Waals surface area contributed by atoms with Crippen LogP contribution in [0.5, 0.6) is 0 Å². The summed E-state index contributed by atoms with van der Waals surface area (Å²) in [5, 5.41) is 3.21. The highest BCUT2D eigenvalue weighted by atomic mass is 14.9. The molecule has 0 amide bonds. The molecule has 3 aromatic carbocycles. The molecule has 0 aliphatic rings. The van der Waals surface area contributed by atoms with Crippen LogP contribution in [0.1, 0.15) is 5.56 Å². The number of anilines is 4. The van der Waals surface area contributed by atoms with Gasteiger partial charge in [0.1, 0.15) is 0 Å². The Morgan fingerprint density at radius 1 is 0.682 bits per heavy atom. The van der Waals surface area contributed by atoms with Crippen LogP contribution in [-0.2, 0) is 0 Å². The molecule has 3 nitrogen and oxygen atoms in total. The standard InChI is InChI=1S/C12H13N3.C7H8/c13-10-7-4-8-11(12(10)14)15-9-5-2-1-3-6-9;1-7-5-3-2-4-6-7/h1-8,15H,13-14H2;2-6H,1H3. The highest BCUT2D eigenvalue weighted by Gasteiger charge is 2.01. The normalized spacial score (nSPS) is 9.50. The lowest BCUT2D eigenvalue weighted by Crippen LogP contribution is -1.99. The Labute approximate surface area is 131 Å². The quantitative estimate of drug-likeness (QED) is 0.605. The highest BCUT2D eigenvalue weighted by molar-refractivity contribution is 5.81. The lowest BCUT2D eigenvalue weighted by atomic mass is 10.2. The summed E-state index contributed by atoms with van der Waals surface area (Å²) in [7, 11) is 0. The zero-order chi connectivity index (χ0) is 15.8. The Hall–Kier alpha value is -2.94. The number of rotatable bonds is 2. The van der Waals surface area contributed by atoms with Gasteiger partial charge < -0.3 is 16.8 Å². The lowest BCUT2D eigenvalue weighted by molar-refractivity contribution is 1.48. The van der Waals surface area contributed by atoms with Crippen LogP contribution in [0, 0.1) is 6.92 Å². The first-order chi connectivity index (χ1) is 10.7. The average molecular weight is 291 g/mol. The summed E-state index contributed by atoms with van der Waals surface area (Å²) in [6.07, 6.45) is 0. The molecule has 0 radical (unpaired) electrons. The van der Waals surface area contributed by atoms with Crippen molar-refractivity contribution in [2.45, 2.75) is 6.92 Å². The molecule has 112 valence electrons. The molecule has 3 heteroatoms. The van der Waals surface area contributed by atoms with Crippen molar-refractivity contribution < 1.29 is 0 Å². The minimum Gasteiger partial charge on any atom is -0.397 e. The van der Waals surface area contributed by atoms with Gasteiger partial charge in [0.25, 0.3) is 0 Å². The number of hydrogen-bond donors (Lipinski definition) is 3. The van der Waals surface area contributed by atoms with E-state index < -0.39 is 0 Å². The second kappa shape index (κ2) is 7.74. The van der Waals surface area contributed by atoms with Crippen LogP contribution in [0.3, 0.4) is 0 Å². The molecule has 22 heavy (non-hydrogen) atoms. The van der Waals surface area contributed by atoms with Gasteiger partial charge in [-0.15, -0.1) is 0 Å². The summed E-state index contributed by atoms with van der Waals surface area (Å²) in [5.41, 5.74) is 15.9. The number of benzene rings is 3. The van der Waals surface area contributed by atoms with Crippen LogP contribution in [0.25, 0.3) is 0 Å². The van der Waals surface area contributed by atoms with E-state index in [1.165, 1.54) is 5.56 Å². The van der Waals surface area contributed by atoms with Gasteiger partial charge in [0.05, 0.1) is 17.1 Å². The molecule has 0 aromatic heterocycles. The van der Waals surface area contributed by atoms with Crippen LogP contribution in [-0.4, -0.2) is 0 Å². The number of para-hydroxylation sites is 2. The minimum atomic E-state index is 0.585. The third-order valence-electron chi connectivity index (χ3n) is 3.13. The topological polar surface area (TPSA) is 64.1 Å². The SMILES string of the molecule is Cc1ccccc1.Nc1cccc(Nc2ccccc2)c1N. The second-order valence-corrected chi connectivity index (χ2v) is 4.95. The van der Waals surface area contributed by atoms with E-state index in [2.05, 4.69) is 24.4 Å². The van der Waals surface area contributed by atoms with Gasteiger partial charge in [-0.25, -0.2) is 0 Å². The van der Waals surface area contributed by atoms with E-state index in [0.29, 0.717) is 11.4 Å². The maximum Gasteiger partial charge on any atom is 0.0786 e. The van der Waals surface area contributed by atoms with E-state index in [1.54, 1.807) is 6.07 Å². The Bertz CT molecular complexity index is 694. The van der Waals surface area contributed by atoms with E-state index in [4.69, 9.17) is 11.5 Å². The molecule has 0 atom stereocenters. The molecule has 0 heterocycles. The summed E-state index contributed by atoms with van der Waals surface area (Å²) in [5.74, 6) is 0. The van der Waals surface area contributed by atoms with Crippen molar-refractivity contribution in [3.05, 3.63) is 84.4 Å². The fourth-order valence-corrected chi connectivity index (χ4v) is 1.90. The highest BCUT2D eigenvalue weighted by Crippen LogP contribution is 2.27. The monoisotopic (exact) mass is 291 g/mol. The van der Waals surface area contributed by atoms with E-state index in [0.717, 1.165) is 11.4 Å². The zero-order valence-corrected chi connectivity index (χ0v) is 12.7. The van der Waals surface area contributed by atoms with Crippen LogP contribution in [0.2, 0.25) is 0 Å². The first-order valence-electron chi connectivity index (χ1n) is 7.14. The number of nitrogen functional groups attached to an aromatic ring is 2. The van der Waals surface area contributed by atoms with Gasteiger partial charge in [-0.3, -0.25) is 0 Å². The van der Waals surface area contributed by atoms with Crippen LogP contribution >= 0.6 is 0 Å². The van der Waals surface area contributed by atoms with E-state index >= 15 is 0 Å². The predicted molar refractivity (Wildman–Crippen MR) is 96.2 cm³/mol. The fraction of sp³-hybridized carbons (Fsp3) is 0.0526. The predicted octanol–water partition coefficient (Wildman–Crippen LogP) is 4.59. The zero-order valence-electron chi connectivity index (χ0n) is 12.7. The molecule has 0 unspecified atom stereocenters. The van der Waals surface area contributed by atoms with E-state index in [1.807, 2.05) is 60.7 Å². The molecule has 0 spiro atoms. The summed E-state index contributed by atoms with van der Waals surface area (Å²) < 4.78 is 0. The van der Waals surface area contributed by atoms with Gasteiger partial charge >= 0.3 is 0 Å². The molecular formula is C19H21N3. The maximum absolute atomic E-state index is 5.84. The molecule has 3 rings (SSSR count). The molecule has 0 fully saturated rings. The molecule has 5 N–H and O–H groups in total. The third kappa shape index (κ3) is 4.56. The van der Waals surface area contributed by atoms with Crippen molar-refractivity contribution in [3.8, 4) is 0 Å². The number of hydrogen-bond acceptors (Lipinski definition) is 3. The Morgan fingerprint density at radius 3 is 1.82 bits per heavy atom. The smallest absolute Gasteiger partial charge is 0.0786 e. The first-order valence-corrected chi connectivity index (χ1v) is 7.14. The van der Waals surface area contributed by atoms with Crippen molar-refractivity contribution >= 4 is 22.7 Å². The lowest BCUT2D eigenvalue weighted by Gasteiger charge is -2.10. The van der Waals surface area contributed by atoms with Gasteiger partial charge in [-0.2, -0.15) is 0 Å². The third-order valence-corrected chi connectivity index (χ3v) is 3.13. The molecule has 3 aromatic rings. The van der Waals surface area contributed by atoms with Crippen molar-refractivity contribution in [3.63, 3.8) is 0 Å². The molecule has 0 bridgehead atoms. The number of nitrogens with two attached hydrogens (primary N) is 2. The molecular weight excluding hydrogens is 270 g/mol. The summed E-state index contributed by atoms with van der Waals surface area (Å²) in [4.78, 5) is 0. The van der Waals surface area contributed by atoms with Crippen LogP contribution < -0.4 is 16.8 Å². The minimum absolute atomic E-state index is 0.585. The van der Waals surface area contributed by atoms with Gasteiger partial charge in [-0.05, 0) is 31.2 Å². The number of aryl methyl sites for hydroxylation is 1. The fourth-order valence-electron chi connectivity index (χ4n) is 1.90. The van der Waals surface area contributed by atoms with Crippen molar-refractivity contribution in [1.82, 2.24) is 0 Å². The maximum atomic E-state index is 5.84. The summed E-state index contributed by atoms with van der Waals surface area (Å²) >= 11 is 0. The van der Waals surface area contributed by atoms with Gasteiger partial charge in [0.15, 0.2) is 0 Å². The Balaban J connectivity index is 0.000000211. The van der Waals surface area contributed by atoms with Gasteiger partial charge in [0.2, 0.25) is 0 Å². The van der Waals surface area contributed by atoms with E-state index in [9.17, 15) is 0 Å². The summed E-state index contributed by atoms with van der Waals surface area (Å²) in [6.45, 7) is 2.08. The second-order valence-electron chi connectivity index (χ2n) is 4.95.